The SMILES string of the molecule is C=C(CC)N1CCC(CC(=O)C2=CC3CC3(C3C=CC=CC3)C=C2)CC1.CC.CC. The van der Waals surface area contributed by atoms with Gasteiger partial charge in [0, 0.05) is 36.2 Å². The predicted octanol–water partition coefficient (Wildman–Crippen LogP) is 7.27. The minimum Gasteiger partial charge on any atom is -0.375 e. The van der Waals surface area contributed by atoms with Gasteiger partial charge in [0.1, 0.15) is 0 Å². The van der Waals surface area contributed by atoms with Gasteiger partial charge in [-0.15, -0.1) is 0 Å². The van der Waals surface area contributed by atoms with Gasteiger partial charge in [0.15, 0.2) is 5.78 Å². The van der Waals surface area contributed by atoms with Crippen LogP contribution in [0.5, 0.6) is 0 Å². The fourth-order valence-corrected chi connectivity index (χ4v) is 5.02. The highest BCUT2D eigenvalue weighted by Gasteiger charge is 2.56. The molecular formula is C28H43NO. The smallest absolute Gasteiger partial charge is 0.162 e. The summed E-state index contributed by atoms with van der Waals surface area (Å²) < 4.78 is 0. The van der Waals surface area contributed by atoms with Crippen LogP contribution >= 0.6 is 0 Å². The number of piperidine rings is 1. The van der Waals surface area contributed by atoms with Gasteiger partial charge in [0.2, 0.25) is 0 Å². The van der Waals surface area contributed by atoms with Crippen LogP contribution in [0.2, 0.25) is 0 Å². The van der Waals surface area contributed by atoms with Crippen LogP contribution in [0.1, 0.15) is 73.1 Å². The van der Waals surface area contributed by atoms with Gasteiger partial charge in [-0.2, -0.15) is 0 Å². The molecule has 0 spiro atoms. The molecule has 1 saturated heterocycles. The third-order valence-corrected chi connectivity index (χ3v) is 6.99. The molecule has 0 N–H and O–H groups in total. The molecule has 1 heterocycles. The van der Waals surface area contributed by atoms with Crippen molar-refractivity contribution in [1.82, 2.24) is 4.90 Å². The van der Waals surface area contributed by atoms with E-state index in [4.69, 9.17) is 0 Å². The number of carbonyl (C=O) groups excluding carboxylic acids is 1. The quantitative estimate of drug-likeness (QED) is 0.460. The first kappa shape index (κ1) is 24.4. The molecule has 3 atom stereocenters. The van der Waals surface area contributed by atoms with E-state index in [9.17, 15) is 4.79 Å². The van der Waals surface area contributed by atoms with Gasteiger partial charge in [-0.25, -0.2) is 0 Å². The molecule has 0 amide bonds. The lowest BCUT2D eigenvalue weighted by Gasteiger charge is -2.34. The van der Waals surface area contributed by atoms with Crippen molar-refractivity contribution in [3.05, 3.63) is 60.4 Å². The van der Waals surface area contributed by atoms with Crippen molar-refractivity contribution in [2.75, 3.05) is 13.1 Å². The molecule has 4 aliphatic rings. The van der Waals surface area contributed by atoms with Gasteiger partial charge in [-0.1, -0.05) is 83.7 Å². The first-order chi connectivity index (χ1) is 14.6. The number of hydrogen-bond donors (Lipinski definition) is 0. The van der Waals surface area contributed by atoms with Gasteiger partial charge in [0.25, 0.3) is 0 Å². The Balaban J connectivity index is 0.000000757. The maximum absolute atomic E-state index is 12.8. The standard InChI is InChI=1S/C24H31NO.2C2H6/c1-3-18(2)25-13-10-19(11-14-25)15-23(26)20-9-12-24(17-22(24)16-20)21-7-5-4-6-8-21;2*1-2/h4-7,9,12,16,19,21-22H,2-3,8,10-11,13-15,17H2,1H3;2*1-2H3. The van der Waals surface area contributed by atoms with Gasteiger partial charge in [-0.3, -0.25) is 4.79 Å². The summed E-state index contributed by atoms with van der Waals surface area (Å²) in [5, 5.41) is 0. The Labute approximate surface area is 185 Å². The van der Waals surface area contributed by atoms with Crippen molar-refractivity contribution >= 4 is 5.78 Å². The van der Waals surface area contributed by atoms with E-state index in [1.54, 1.807) is 0 Å². The normalized spacial score (nSPS) is 29.0. The molecule has 0 aromatic rings. The van der Waals surface area contributed by atoms with E-state index in [-0.39, 0.29) is 0 Å². The Morgan fingerprint density at radius 1 is 1.13 bits per heavy atom. The maximum Gasteiger partial charge on any atom is 0.162 e. The average Bonchev–Trinajstić information content (AvgIpc) is 3.57. The number of nitrogens with zero attached hydrogens (tertiary/aromatic N) is 1. The second kappa shape index (κ2) is 11.5. The molecule has 2 heteroatoms. The first-order valence-electron chi connectivity index (χ1n) is 12.3. The molecule has 0 bridgehead atoms. The molecule has 166 valence electrons. The summed E-state index contributed by atoms with van der Waals surface area (Å²) in [5.41, 5.74) is 2.51. The van der Waals surface area contributed by atoms with Gasteiger partial charge < -0.3 is 4.90 Å². The summed E-state index contributed by atoms with van der Waals surface area (Å²) in [6.45, 7) is 16.4. The highest BCUT2D eigenvalue weighted by atomic mass is 16.1. The molecule has 0 aromatic heterocycles. The number of carbonyl (C=O) groups is 1. The van der Waals surface area contributed by atoms with Gasteiger partial charge in [0.05, 0.1) is 0 Å². The fraction of sp³-hybridized carbons (Fsp3) is 0.607. The van der Waals surface area contributed by atoms with E-state index < -0.39 is 0 Å². The summed E-state index contributed by atoms with van der Waals surface area (Å²) in [5.74, 6) is 2.07. The molecular weight excluding hydrogens is 366 g/mol. The van der Waals surface area contributed by atoms with Crippen LogP contribution in [-0.2, 0) is 4.79 Å². The highest BCUT2D eigenvalue weighted by molar-refractivity contribution is 5.98. The van der Waals surface area contributed by atoms with Crippen LogP contribution in [-0.4, -0.2) is 23.8 Å². The van der Waals surface area contributed by atoms with E-state index in [1.807, 2.05) is 27.7 Å². The zero-order valence-corrected chi connectivity index (χ0v) is 20.0. The van der Waals surface area contributed by atoms with Crippen LogP contribution < -0.4 is 0 Å². The highest BCUT2D eigenvalue weighted by Crippen LogP contribution is 2.63. The Morgan fingerprint density at radius 2 is 1.83 bits per heavy atom. The summed E-state index contributed by atoms with van der Waals surface area (Å²) in [6, 6.07) is 0. The number of Topliss-reactive ketones (excluding diaryl/α,β-unsaturated/α-hetero) is 1. The lowest BCUT2D eigenvalue weighted by molar-refractivity contribution is -0.116. The van der Waals surface area contributed by atoms with E-state index in [0.29, 0.717) is 35.4 Å². The summed E-state index contributed by atoms with van der Waals surface area (Å²) in [6.07, 6.45) is 22.0. The second-order valence-electron chi connectivity index (χ2n) is 8.51. The number of ketones is 1. The topological polar surface area (TPSA) is 20.3 Å². The Bertz CT molecular complexity index is 702. The van der Waals surface area contributed by atoms with E-state index in [1.165, 1.54) is 12.1 Å². The number of rotatable bonds is 6. The fourth-order valence-electron chi connectivity index (χ4n) is 5.02. The number of allylic oxidation sites excluding steroid dienone is 9. The molecule has 0 aromatic carbocycles. The Morgan fingerprint density at radius 3 is 2.40 bits per heavy atom. The molecule has 0 radical (unpaired) electrons. The lowest BCUT2D eigenvalue weighted by Crippen LogP contribution is -2.33. The third kappa shape index (κ3) is 5.45. The van der Waals surface area contributed by atoms with Crippen molar-refractivity contribution in [2.45, 2.75) is 73.1 Å². The summed E-state index contributed by atoms with van der Waals surface area (Å²) >= 11 is 0. The molecule has 2 fully saturated rings. The van der Waals surface area contributed by atoms with Crippen LogP contribution in [0.25, 0.3) is 0 Å². The van der Waals surface area contributed by atoms with Gasteiger partial charge in [-0.05, 0) is 49.9 Å². The van der Waals surface area contributed by atoms with E-state index in [2.05, 4.69) is 60.9 Å². The van der Waals surface area contributed by atoms with E-state index in [0.717, 1.165) is 44.3 Å². The van der Waals surface area contributed by atoms with Crippen LogP contribution in [0.3, 0.4) is 0 Å². The largest absolute Gasteiger partial charge is 0.375 e. The second-order valence-corrected chi connectivity index (χ2v) is 8.51. The zero-order valence-electron chi connectivity index (χ0n) is 20.0. The predicted molar refractivity (Wildman–Crippen MR) is 130 cm³/mol. The molecule has 1 aliphatic heterocycles. The first-order valence-corrected chi connectivity index (χ1v) is 12.3. The molecule has 1 saturated carbocycles. The van der Waals surface area contributed by atoms with Crippen molar-refractivity contribution in [1.29, 1.82) is 0 Å². The number of likely N-dealkylation sites (tertiary alicyclic amines) is 1. The summed E-state index contributed by atoms with van der Waals surface area (Å²) in [7, 11) is 0. The minimum atomic E-state index is 0.302. The maximum atomic E-state index is 12.8. The lowest BCUT2D eigenvalue weighted by atomic mass is 9.79. The Hall–Kier alpha value is -1.83. The number of hydrogen-bond acceptors (Lipinski definition) is 2. The average molecular weight is 410 g/mol. The molecule has 3 aliphatic carbocycles. The summed E-state index contributed by atoms with van der Waals surface area (Å²) in [4.78, 5) is 15.2. The van der Waals surface area contributed by atoms with Crippen LogP contribution in [0.15, 0.2) is 60.4 Å². The van der Waals surface area contributed by atoms with Crippen molar-refractivity contribution in [2.24, 2.45) is 23.2 Å². The zero-order chi connectivity index (χ0) is 22.1. The minimum absolute atomic E-state index is 0.302. The third-order valence-electron chi connectivity index (χ3n) is 6.99. The monoisotopic (exact) mass is 409 g/mol. The molecule has 2 nitrogen and oxygen atoms in total. The molecule has 4 rings (SSSR count). The Kier molecular flexibility index (Phi) is 9.39. The molecule has 30 heavy (non-hydrogen) atoms. The number of fused-ring (bicyclic) bond motifs is 1. The van der Waals surface area contributed by atoms with Crippen molar-refractivity contribution < 1.29 is 4.79 Å². The van der Waals surface area contributed by atoms with Gasteiger partial charge >= 0.3 is 0 Å². The van der Waals surface area contributed by atoms with Crippen LogP contribution in [0, 0.1) is 23.2 Å². The van der Waals surface area contributed by atoms with E-state index >= 15 is 0 Å². The molecule has 3 unspecified atom stereocenters. The van der Waals surface area contributed by atoms with Crippen LogP contribution in [0.4, 0.5) is 0 Å². The van der Waals surface area contributed by atoms with Crippen molar-refractivity contribution in [3.63, 3.8) is 0 Å². The van der Waals surface area contributed by atoms with Crippen molar-refractivity contribution in [3.8, 4) is 0 Å².